The highest BCUT2D eigenvalue weighted by atomic mass is 16.3. The van der Waals surface area contributed by atoms with Crippen molar-refractivity contribution >= 4 is 93.2 Å². The Morgan fingerprint density at radius 3 is 1.43 bits per heavy atom. The number of nitrogens with zero attached hydrogens (tertiary/aromatic N) is 3. The van der Waals surface area contributed by atoms with Crippen LogP contribution in [0.15, 0.2) is 142 Å². The third-order valence-electron chi connectivity index (χ3n) is 10.1. The van der Waals surface area contributed by atoms with Crippen molar-refractivity contribution in [2.45, 2.75) is 0 Å². The molecule has 0 spiro atoms. The number of anilines is 1. The molecule has 2 N–H and O–H groups in total. The van der Waals surface area contributed by atoms with Crippen molar-refractivity contribution in [3.8, 4) is 17.4 Å². The van der Waals surface area contributed by atoms with Gasteiger partial charge in [0.15, 0.2) is 0 Å². The predicted octanol–water partition coefficient (Wildman–Crippen LogP) is 11.1. The highest BCUT2D eigenvalue weighted by Gasteiger charge is 2.24. The molecule has 11 aromatic rings. The van der Waals surface area contributed by atoms with Gasteiger partial charge in [-0.05, 0) is 60.7 Å². The zero-order valence-corrected chi connectivity index (χ0v) is 25.9. The lowest BCUT2D eigenvalue weighted by Gasteiger charge is -2.18. The van der Waals surface area contributed by atoms with E-state index in [4.69, 9.17) is 14.6 Å². The second-order valence-electron chi connectivity index (χ2n) is 12.6. The minimum absolute atomic E-state index is 0.412. The van der Waals surface area contributed by atoms with E-state index in [2.05, 4.69) is 100 Å². The fourth-order valence-corrected chi connectivity index (χ4v) is 8.04. The summed E-state index contributed by atoms with van der Waals surface area (Å²) in [4.78, 5) is 0. The van der Waals surface area contributed by atoms with Gasteiger partial charge in [0.25, 0.3) is 0 Å². The molecule has 0 unspecified atom stereocenters. The van der Waals surface area contributed by atoms with E-state index >= 15 is 0 Å². The number of benzene rings is 7. The van der Waals surface area contributed by atoms with E-state index in [9.17, 15) is 5.26 Å². The minimum atomic E-state index is 0.412. The highest BCUT2D eigenvalue weighted by Crippen LogP contribution is 2.45. The van der Waals surface area contributed by atoms with Gasteiger partial charge in [-0.25, -0.2) is 0 Å². The average Bonchev–Trinajstić information content (AvgIpc) is 3.89. The van der Waals surface area contributed by atoms with Crippen LogP contribution in [0, 0.1) is 11.3 Å². The molecular weight excluding hydrogens is 604 g/mol. The lowest BCUT2D eigenvalue weighted by molar-refractivity contribution is 0.672. The van der Waals surface area contributed by atoms with E-state index in [0.29, 0.717) is 11.3 Å². The molecule has 0 amide bonds. The van der Waals surface area contributed by atoms with Crippen LogP contribution >= 0.6 is 0 Å². The fourth-order valence-electron chi connectivity index (χ4n) is 8.04. The summed E-state index contributed by atoms with van der Waals surface area (Å²) < 4.78 is 17.6. The van der Waals surface area contributed by atoms with Crippen LogP contribution in [-0.2, 0) is 0 Å². The normalized spacial score (nSPS) is 12.1. The second kappa shape index (κ2) is 9.31. The van der Waals surface area contributed by atoms with Crippen molar-refractivity contribution in [1.29, 1.82) is 5.26 Å². The third-order valence-corrected chi connectivity index (χ3v) is 10.1. The van der Waals surface area contributed by atoms with Gasteiger partial charge in [0.2, 0.25) is 0 Å². The Balaban J connectivity index is 1.31. The lowest BCUT2D eigenvalue weighted by atomic mass is 10.1. The molecule has 0 aliphatic carbocycles. The largest absolute Gasteiger partial charge is 0.455 e. The number of aromatic nitrogens is 2. The molecule has 0 aliphatic rings. The van der Waals surface area contributed by atoms with E-state index in [0.717, 1.165) is 98.9 Å². The van der Waals surface area contributed by atoms with Crippen LogP contribution in [0.25, 0.3) is 98.9 Å². The molecular formula is C43H24N4O2. The minimum Gasteiger partial charge on any atom is -0.455 e. The van der Waals surface area contributed by atoms with Gasteiger partial charge in [-0.15, -0.1) is 0 Å². The standard InChI is InChI=1S/C43H24N4O2/c44-23-24-21-36(46-32-13-5-1-11-29(32)40-34(46)19-17-27-25-9-3-7-15-38(25)48-42(27)40)37(22-31(24)45)47-33-14-6-2-12-30(33)41-35(47)20-18-28-26-10-4-8-16-39(26)49-43(28)41/h1-22H,45H2. The quantitative estimate of drug-likeness (QED) is 0.193. The molecule has 0 aliphatic heterocycles. The van der Waals surface area contributed by atoms with Gasteiger partial charge in [-0.2, -0.15) is 5.26 Å². The summed E-state index contributed by atoms with van der Waals surface area (Å²) in [6.45, 7) is 0. The SMILES string of the molecule is N#Cc1cc(-n2c3ccccc3c3c4oc5ccccc5c4ccc32)c(-n2c3ccccc3c3c4oc5ccccc5c4ccc32)cc1N. The number of hydrogen-bond donors (Lipinski definition) is 1. The first kappa shape index (κ1) is 26.1. The maximum absolute atomic E-state index is 10.3. The fraction of sp³-hybridized carbons (Fsp3) is 0. The Bertz CT molecular complexity index is 3250. The Kier molecular flexibility index (Phi) is 4.97. The molecule has 6 nitrogen and oxygen atoms in total. The first-order valence-corrected chi connectivity index (χ1v) is 16.2. The summed E-state index contributed by atoms with van der Waals surface area (Å²) >= 11 is 0. The average molecular weight is 629 g/mol. The number of nitrogens with two attached hydrogens (primary N) is 1. The van der Waals surface area contributed by atoms with Crippen LogP contribution in [0.3, 0.4) is 0 Å². The Hall–Kier alpha value is -6.97. The van der Waals surface area contributed by atoms with E-state index in [1.165, 1.54) is 0 Å². The monoisotopic (exact) mass is 628 g/mol. The van der Waals surface area contributed by atoms with Crippen molar-refractivity contribution in [2.75, 3.05) is 5.73 Å². The molecule has 0 saturated heterocycles. The van der Waals surface area contributed by atoms with E-state index in [-0.39, 0.29) is 0 Å². The Morgan fingerprint density at radius 2 is 0.918 bits per heavy atom. The van der Waals surface area contributed by atoms with Crippen LogP contribution in [-0.4, -0.2) is 9.13 Å². The molecule has 0 saturated carbocycles. The van der Waals surface area contributed by atoms with Gasteiger partial charge in [-0.1, -0.05) is 72.8 Å². The van der Waals surface area contributed by atoms with Crippen molar-refractivity contribution in [1.82, 2.24) is 9.13 Å². The Morgan fingerprint density at radius 1 is 0.469 bits per heavy atom. The maximum atomic E-state index is 10.3. The maximum Gasteiger partial charge on any atom is 0.145 e. The molecule has 49 heavy (non-hydrogen) atoms. The first-order valence-electron chi connectivity index (χ1n) is 16.2. The van der Waals surface area contributed by atoms with Crippen LogP contribution < -0.4 is 5.73 Å². The summed E-state index contributed by atoms with van der Waals surface area (Å²) in [5.41, 5.74) is 16.5. The van der Waals surface area contributed by atoms with Gasteiger partial charge < -0.3 is 23.7 Å². The van der Waals surface area contributed by atoms with E-state index in [1.807, 2.05) is 48.5 Å². The molecule has 4 aromatic heterocycles. The van der Waals surface area contributed by atoms with Gasteiger partial charge in [-0.3, -0.25) is 0 Å². The highest BCUT2D eigenvalue weighted by molar-refractivity contribution is 6.25. The predicted molar refractivity (Wildman–Crippen MR) is 199 cm³/mol. The summed E-state index contributed by atoms with van der Waals surface area (Å²) in [5.74, 6) is 0. The van der Waals surface area contributed by atoms with Gasteiger partial charge >= 0.3 is 0 Å². The molecule has 228 valence electrons. The molecule has 0 atom stereocenters. The van der Waals surface area contributed by atoms with Crippen LogP contribution in [0.2, 0.25) is 0 Å². The number of para-hydroxylation sites is 4. The summed E-state index contributed by atoms with van der Waals surface area (Å²) in [7, 11) is 0. The summed E-state index contributed by atoms with van der Waals surface area (Å²) in [6, 6.07) is 47.9. The number of fused-ring (bicyclic) bond motifs is 14. The zero-order chi connectivity index (χ0) is 32.4. The third kappa shape index (κ3) is 3.33. The van der Waals surface area contributed by atoms with E-state index in [1.54, 1.807) is 0 Å². The topological polar surface area (TPSA) is 86.0 Å². The molecule has 7 aromatic carbocycles. The second-order valence-corrected chi connectivity index (χ2v) is 12.6. The number of nitrogen functional groups attached to an aromatic ring is 1. The zero-order valence-electron chi connectivity index (χ0n) is 25.9. The molecule has 0 fully saturated rings. The molecule has 11 rings (SSSR count). The van der Waals surface area contributed by atoms with Crippen LogP contribution in [0.1, 0.15) is 5.56 Å². The van der Waals surface area contributed by atoms with Gasteiger partial charge in [0, 0.05) is 32.3 Å². The van der Waals surface area contributed by atoms with Crippen molar-refractivity contribution in [3.63, 3.8) is 0 Å². The number of rotatable bonds is 2. The van der Waals surface area contributed by atoms with Crippen molar-refractivity contribution < 1.29 is 8.83 Å². The number of nitriles is 1. The van der Waals surface area contributed by atoms with Crippen molar-refractivity contribution in [2.24, 2.45) is 0 Å². The van der Waals surface area contributed by atoms with Crippen LogP contribution in [0.4, 0.5) is 5.69 Å². The molecule has 0 bridgehead atoms. The Labute approximate surface area is 278 Å². The van der Waals surface area contributed by atoms with Gasteiger partial charge in [0.1, 0.15) is 28.4 Å². The molecule has 0 radical (unpaired) electrons. The lowest BCUT2D eigenvalue weighted by Crippen LogP contribution is -2.06. The molecule has 6 heteroatoms. The van der Waals surface area contributed by atoms with Gasteiger partial charge in [0.05, 0.1) is 55.5 Å². The number of furan rings is 2. The smallest absolute Gasteiger partial charge is 0.145 e. The summed E-state index contributed by atoms with van der Waals surface area (Å²) in [5, 5.41) is 18.8. The first-order chi connectivity index (χ1) is 24.2. The van der Waals surface area contributed by atoms with Crippen LogP contribution in [0.5, 0.6) is 0 Å². The number of hydrogen-bond acceptors (Lipinski definition) is 4. The molecule has 4 heterocycles. The van der Waals surface area contributed by atoms with Crippen molar-refractivity contribution in [3.05, 3.63) is 139 Å². The summed E-state index contributed by atoms with van der Waals surface area (Å²) in [6.07, 6.45) is 0. The van der Waals surface area contributed by atoms with E-state index < -0.39 is 0 Å².